The zero-order valence-electron chi connectivity index (χ0n) is 13.7. The standard InChI is InChI=1S/C17H28N2O2/c1-5-15(18)11-14-9-12(3)17(13(4)10-14)21-8-7-16(20)19-6-2/h9-10,15H,5-8,11,18H2,1-4H3,(H,19,20). The number of carbonyl (C=O) groups excluding carboxylic acids is 1. The fourth-order valence-corrected chi connectivity index (χ4v) is 2.36. The summed E-state index contributed by atoms with van der Waals surface area (Å²) in [5.41, 5.74) is 9.46. The molecule has 1 atom stereocenters. The number of hydrogen-bond acceptors (Lipinski definition) is 3. The Hall–Kier alpha value is -1.55. The summed E-state index contributed by atoms with van der Waals surface area (Å²) in [4.78, 5) is 11.4. The molecular formula is C17H28N2O2. The first kappa shape index (κ1) is 17.5. The number of aryl methyl sites for hydroxylation is 2. The van der Waals surface area contributed by atoms with Crippen LogP contribution in [0.15, 0.2) is 12.1 Å². The summed E-state index contributed by atoms with van der Waals surface area (Å²) in [5.74, 6) is 0.909. The second kappa shape index (κ2) is 8.67. The largest absolute Gasteiger partial charge is 0.493 e. The highest BCUT2D eigenvalue weighted by Crippen LogP contribution is 2.25. The van der Waals surface area contributed by atoms with Gasteiger partial charge in [0, 0.05) is 12.6 Å². The van der Waals surface area contributed by atoms with Gasteiger partial charge in [-0.25, -0.2) is 0 Å². The van der Waals surface area contributed by atoms with Gasteiger partial charge in [-0.15, -0.1) is 0 Å². The third-order valence-electron chi connectivity index (χ3n) is 3.49. The van der Waals surface area contributed by atoms with E-state index in [2.05, 4.69) is 24.4 Å². The van der Waals surface area contributed by atoms with Crippen molar-refractivity contribution in [1.82, 2.24) is 5.32 Å². The van der Waals surface area contributed by atoms with Crippen molar-refractivity contribution in [3.8, 4) is 5.75 Å². The van der Waals surface area contributed by atoms with Gasteiger partial charge in [0.25, 0.3) is 0 Å². The Balaban J connectivity index is 2.65. The molecule has 0 bridgehead atoms. The first-order valence-electron chi connectivity index (χ1n) is 7.73. The van der Waals surface area contributed by atoms with E-state index in [1.807, 2.05) is 20.8 Å². The Morgan fingerprint density at radius 1 is 1.29 bits per heavy atom. The van der Waals surface area contributed by atoms with Crippen LogP contribution in [0.3, 0.4) is 0 Å². The second-order valence-corrected chi connectivity index (χ2v) is 5.48. The molecule has 1 rings (SSSR count). The molecule has 4 nitrogen and oxygen atoms in total. The average Bonchev–Trinajstić information content (AvgIpc) is 2.42. The maximum absolute atomic E-state index is 11.4. The Morgan fingerprint density at radius 2 is 1.90 bits per heavy atom. The summed E-state index contributed by atoms with van der Waals surface area (Å²) in [6, 6.07) is 4.46. The highest BCUT2D eigenvalue weighted by molar-refractivity contribution is 5.75. The third kappa shape index (κ3) is 5.76. The second-order valence-electron chi connectivity index (χ2n) is 5.48. The van der Waals surface area contributed by atoms with Crippen molar-refractivity contribution >= 4 is 5.91 Å². The summed E-state index contributed by atoms with van der Waals surface area (Å²) in [6.07, 6.45) is 2.25. The van der Waals surface area contributed by atoms with E-state index in [0.717, 1.165) is 29.7 Å². The van der Waals surface area contributed by atoms with Crippen molar-refractivity contribution in [2.45, 2.75) is 53.0 Å². The van der Waals surface area contributed by atoms with Crippen LogP contribution in [0.4, 0.5) is 0 Å². The summed E-state index contributed by atoms with van der Waals surface area (Å²) in [7, 11) is 0. The molecule has 0 aromatic heterocycles. The minimum absolute atomic E-state index is 0.0262. The van der Waals surface area contributed by atoms with Gasteiger partial charge >= 0.3 is 0 Å². The maximum atomic E-state index is 11.4. The Labute approximate surface area is 128 Å². The van der Waals surface area contributed by atoms with Crippen molar-refractivity contribution < 1.29 is 9.53 Å². The van der Waals surface area contributed by atoms with Crippen molar-refractivity contribution in [3.63, 3.8) is 0 Å². The molecular weight excluding hydrogens is 264 g/mol. The lowest BCUT2D eigenvalue weighted by atomic mass is 9.99. The first-order chi connectivity index (χ1) is 9.97. The molecule has 0 aliphatic heterocycles. The molecule has 21 heavy (non-hydrogen) atoms. The molecule has 0 aliphatic rings. The Kier molecular flexibility index (Phi) is 7.23. The number of carbonyl (C=O) groups is 1. The molecule has 0 radical (unpaired) electrons. The van der Waals surface area contributed by atoms with Gasteiger partial charge in [0.2, 0.25) is 5.91 Å². The molecule has 3 N–H and O–H groups in total. The number of amides is 1. The summed E-state index contributed by atoms with van der Waals surface area (Å²) in [6.45, 7) is 9.14. The van der Waals surface area contributed by atoms with E-state index in [-0.39, 0.29) is 11.9 Å². The monoisotopic (exact) mass is 292 g/mol. The SMILES string of the molecule is CCNC(=O)CCOc1c(C)cc(CC(N)CC)cc1C. The van der Waals surface area contributed by atoms with E-state index in [1.165, 1.54) is 5.56 Å². The minimum Gasteiger partial charge on any atom is -0.493 e. The third-order valence-corrected chi connectivity index (χ3v) is 3.49. The lowest BCUT2D eigenvalue weighted by Crippen LogP contribution is -2.24. The molecule has 1 aromatic carbocycles. The predicted molar refractivity (Wildman–Crippen MR) is 86.7 cm³/mol. The van der Waals surface area contributed by atoms with Crippen LogP contribution in [-0.2, 0) is 11.2 Å². The molecule has 0 saturated carbocycles. The van der Waals surface area contributed by atoms with Crippen LogP contribution >= 0.6 is 0 Å². The van der Waals surface area contributed by atoms with Gasteiger partial charge in [0.15, 0.2) is 0 Å². The molecule has 0 spiro atoms. The van der Waals surface area contributed by atoms with Gasteiger partial charge in [0.05, 0.1) is 13.0 Å². The Bertz CT molecular complexity index is 449. The normalized spacial score (nSPS) is 12.0. The van der Waals surface area contributed by atoms with Crippen LogP contribution in [0.2, 0.25) is 0 Å². The minimum atomic E-state index is 0.0262. The predicted octanol–water partition coefficient (Wildman–Crippen LogP) is 2.49. The summed E-state index contributed by atoms with van der Waals surface area (Å²) in [5, 5.41) is 2.77. The quantitative estimate of drug-likeness (QED) is 0.773. The van der Waals surface area contributed by atoms with Crippen LogP contribution in [0.5, 0.6) is 5.75 Å². The number of ether oxygens (including phenoxy) is 1. The fourth-order valence-electron chi connectivity index (χ4n) is 2.36. The van der Waals surface area contributed by atoms with Gasteiger partial charge in [-0.2, -0.15) is 0 Å². The number of rotatable bonds is 8. The highest BCUT2D eigenvalue weighted by Gasteiger charge is 2.09. The molecule has 0 fully saturated rings. The number of nitrogens with two attached hydrogens (primary N) is 1. The molecule has 0 saturated heterocycles. The highest BCUT2D eigenvalue weighted by atomic mass is 16.5. The molecule has 4 heteroatoms. The van der Waals surface area contributed by atoms with Gasteiger partial charge in [-0.05, 0) is 50.3 Å². The summed E-state index contributed by atoms with van der Waals surface area (Å²) >= 11 is 0. The molecule has 1 aromatic rings. The van der Waals surface area contributed by atoms with Gasteiger partial charge in [0.1, 0.15) is 5.75 Å². The van der Waals surface area contributed by atoms with Crippen LogP contribution in [0, 0.1) is 13.8 Å². The van der Waals surface area contributed by atoms with E-state index < -0.39 is 0 Å². The van der Waals surface area contributed by atoms with Crippen LogP contribution < -0.4 is 15.8 Å². The van der Waals surface area contributed by atoms with Crippen molar-refractivity contribution in [3.05, 3.63) is 28.8 Å². The average molecular weight is 292 g/mol. The molecule has 0 heterocycles. The van der Waals surface area contributed by atoms with E-state index in [4.69, 9.17) is 10.5 Å². The fraction of sp³-hybridized carbons (Fsp3) is 0.588. The van der Waals surface area contributed by atoms with Crippen LogP contribution in [0.25, 0.3) is 0 Å². The van der Waals surface area contributed by atoms with E-state index >= 15 is 0 Å². The van der Waals surface area contributed by atoms with E-state index in [1.54, 1.807) is 0 Å². The van der Waals surface area contributed by atoms with Crippen molar-refractivity contribution in [2.24, 2.45) is 5.73 Å². The lowest BCUT2D eigenvalue weighted by molar-refractivity contribution is -0.121. The van der Waals surface area contributed by atoms with E-state index in [9.17, 15) is 4.79 Å². The van der Waals surface area contributed by atoms with E-state index in [0.29, 0.717) is 19.6 Å². The first-order valence-corrected chi connectivity index (χ1v) is 7.73. The smallest absolute Gasteiger partial charge is 0.223 e. The number of nitrogens with one attached hydrogen (secondary N) is 1. The number of benzene rings is 1. The topological polar surface area (TPSA) is 64.3 Å². The van der Waals surface area contributed by atoms with Gasteiger partial charge in [-0.1, -0.05) is 19.1 Å². The van der Waals surface area contributed by atoms with Crippen LogP contribution in [-0.4, -0.2) is 25.1 Å². The maximum Gasteiger partial charge on any atom is 0.223 e. The molecule has 118 valence electrons. The number of hydrogen-bond donors (Lipinski definition) is 2. The van der Waals surface area contributed by atoms with Crippen molar-refractivity contribution in [2.75, 3.05) is 13.2 Å². The van der Waals surface area contributed by atoms with Gasteiger partial charge in [-0.3, -0.25) is 4.79 Å². The molecule has 1 unspecified atom stereocenters. The Morgan fingerprint density at radius 3 is 2.43 bits per heavy atom. The lowest BCUT2D eigenvalue weighted by Gasteiger charge is -2.15. The van der Waals surface area contributed by atoms with Gasteiger partial charge < -0.3 is 15.8 Å². The van der Waals surface area contributed by atoms with Crippen LogP contribution in [0.1, 0.15) is 43.4 Å². The zero-order valence-corrected chi connectivity index (χ0v) is 13.7. The van der Waals surface area contributed by atoms with Crippen molar-refractivity contribution in [1.29, 1.82) is 0 Å². The molecule has 1 amide bonds. The summed E-state index contributed by atoms with van der Waals surface area (Å²) < 4.78 is 5.78. The zero-order chi connectivity index (χ0) is 15.8. The molecule has 0 aliphatic carbocycles.